The van der Waals surface area contributed by atoms with Crippen molar-refractivity contribution in [3.63, 3.8) is 0 Å². The summed E-state index contributed by atoms with van der Waals surface area (Å²) in [6.45, 7) is 5.23. The number of halogens is 3. The zero-order chi connectivity index (χ0) is 14.6. The van der Waals surface area contributed by atoms with Gasteiger partial charge in [-0.1, -0.05) is 12.1 Å². The number of hydrogen-bond acceptors (Lipinski definition) is 2. The zero-order valence-electron chi connectivity index (χ0n) is 11.5. The first kappa shape index (κ1) is 15.8. The zero-order valence-corrected chi connectivity index (χ0v) is 11.5. The summed E-state index contributed by atoms with van der Waals surface area (Å²) >= 11 is 0. The SMILES string of the molecule is Cc1cc(CC(C)N)cc(C)c1OCCC(F)(F)F. The molecule has 5 heteroatoms. The third-order valence-corrected chi connectivity index (χ3v) is 2.71. The third kappa shape index (κ3) is 5.51. The van der Waals surface area contributed by atoms with E-state index in [0.29, 0.717) is 5.75 Å². The number of ether oxygens (including phenoxy) is 1. The van der Waals surface area contributed by atoms with Gasteiger partial charge >= 0.3 is 6.18 Å². The maximum Gasteiger partial charge on any atom is 0.392 e. The van der Waals surface area contributed by atoms with Crippen LogP contribution in [0.3, 0.4) is 0 Å². The van der Waals surface area contributed by atoms with Crippen molar-refractivity contribution in [2.45, 2.75) is 45.8 Å². The molecule has 0 heterocycles. The number of benzene rings is 1. The molecule has 0 amide bonds. The Morgan fingerprint density at radius 3 is 2.16 bits per heavy atom. The van der Waals surface area contributed by atoms with Crippen molar-refractivity contribution in [2.24, 2.45) is 5.73 Å². The summed E-state index contributed by atoms with van der Waals surface area (Å²) in [6.07, 6.45) is -4.38. The highest BCUT2D eigenvalue weighted by Gasteiger charge is 2.27. The molecule has 1 aromatic carbocycles. The second-order valence-electron chi connectivity index (χ2n) is 4.95. The summed E-state index contributed by atoms with van der Waals surface area (Å²) in [7, 11) is 0. The van der Waals surface area contributed by atoms with E-state index in [1.165, 1.54) is 0 Å². The smallest absolute Gasteiger partial charge is 0.392 e. The van der Waals surface area contributed by atoms with Crippen LogP contribution in [0, 0.1) is 13.8 Å². The lowest BCUT2D eigenvalue weighted by atomic mass is 10.0. The molecule has 0 fully saturated rings. The molecule has 0 spiro atoms. The maximum atomic E-state index is 12.1. The summed E-state index contributed by atoms with van der Waals surface area (Å²) in [5.74, 6) is 0.540. The van der Waals surface area contributed by atoms with E-state index in [-0.39, 0.29) is 12.6 Å². The predicted octanol–water partition coefficient (Wildman–Crippen LogP) is 3.52. The van der Waals surface area contributed by atoms with Gasteiger partial charge in [0.2, 0.25) is 0 Å². The minimum atomic E-state index is -4.18. The van der Waals surface area contributed by atoms with Gasteiger partial charge in [-0.05, 0) is 43.9 Å². The van der Waals surface area contributed by atoms with Crippen molar-refractivity contribution in [3.05, 3.63) is 28.8 Å². The highest BCUT2D eigenvalue weighted by molar-refractivity contribution is 5.43. The normalized spacial score (nSPS) is 13.4. The molecule has 1 aromatic rings. The Hall–Kier alpha value is -1.23. The van der Waals surface area contributed by atoms with Crippen LogP contribution in [0.4, 0.5) is 13.2 Å². The van der Waals surface area contributed by atoms with Crippen molar-refractivity contribution in [1.82, 2.24) is 0 Å². The van der Waals surface area contributed by atoms with Crippen LogP contribution < -0.4 is 10.5 Å². The monoisotopic (exact) mass is 275 g/mol. The third-order valence-electron chi connectivity index (χ3n) is 2.71. The molecule has 0 radical (unpaired) electrons. The number of nitrogens with two attached hydrogens (primary N) is 1. The molecule has 1 rings (SSSR count). The van der Waals surface area contributed by atoms with Gasteiger partial charge in [-0.25, -0.2) is 0 Å². The summed E-state index contributed by atoms with van der Waals surface area (Å²) in [5, 5.41) is 0. The van der Waals surface area contributed by atoms with E-state index in [9.17, 15) is 13.2 Å². The second-order valence-corrected chi connectivity index (χ2v) is 4.95. The van der Waals surface area contributed by atoms with Crippen LogP contribution in [-0.4, -0.2) is 18.8 Å². The Kier molecular flexibility index (Phi) is 5.23. The predicted molar refractivity (Wildman–Crippen MR) is 69.4 cm³/mol. The molecule has 1 atom stereocenters. The Morgan fingerprint density at radius 1 is 1.21 bits per heavy atom. The lowest BCUT2D eigenvalue weighted by Crippen LogP contribution is -2.18. The van der Waals surface area contributed by atoms with Crippen molar-refractivity contribution in [1.29, 1.82) is 0 Å². The van der Waals surface area contributed by atoms with Gasteiger partial charge in [0.05, 0.1) is 13.0 Å². The fraction of sp³-hybridized carbons (Fsp3) is 0.571. The lowest BCUT2D eigenvalue weighted by molar-refractivity contribution is -0.139. The number of rotatable bonds is 5. The summed E-state index contributed by atoms with van der Waals surface area (Å²) in [6, 6.07) is 3.88. The van der Waals surface area contributed by atoms with Crippen LogP contribution in [0.15, 0.2) is 12.1 Å². The van der Waals surface area contributed by atoms with Crippen LogP contribution in [0.1, 0.15) is 30.0 Å². The van der Waals surface area contributed by atoms with Crippen LogP contribution in [0.2, 0.25) is 0 Å². The van der Waals surface area contributed by atoms with E-state index >= 15 is 0 Å². The van der Waals surface area contributed by atoms with Crippen LogP contribution >= 0.6 is 0 Å². The molecule has 0 aliphatic rings. The number of alkyl halides is 3. The first-order valence-electron chi connectivity index (χ1n) is 6.24. The molecule has 0 aliphatic heterocycles. The molecule has 0 bridgehead atoms. The molecule has 0 aromatic heterocycles. The molecular weight excluding hydrogens is 255 g/mol. The second kappa shape index (κ2) is 6.28. The van der Waals surface area contributed by atoms with Gasteiger partial charge in [0.25, 0.3) is 0 Å². The average Bonchev–Trinajstić information content (AvgIpc) is 2.19. The summed E-state index contributed by atoms with van der Waals surface area (Å²) in [5.41, 5.74) is 8.50. The average molecular weight is 275 g/mol. The quantitative estimate of drug-likeness (QED) is 0.892. The lowest BCUT2D eigenvalue weighted by Gasteiger charge is -2.15. The van der Waals surface area contributed by atoms with E-state index in [1.54, 1.807) is 0 Å². The van der Waals surface area contributed by atoms with Gasteiger partial charge in [0.1, 0.15) is 5.75 Å². The molecule has 108 valence electrons. The Bertz CT molecular complexity index is 404. The molecule has 19 heavy (non-hydrogen) atoms. The maximum absolute atomic E-state index is 12.1. The highest BCUT2D eigenvalue weighted by Crippen LogP contribution is 2.27. The molecule has 2 nitrogen and oxygen atoms in total. The van der Waals surface area contributed by atoms with Crippen LogP contribution in [0.25, 0.3) is 0 Å². The van der Waals surface area contributed by atoms with E-state index in [2.05, 4.69) is 0 Å². The van der Waals surface area contributed by atoms with E-state index in [0.717, 1.165) is 23.1 Å². The Morgan fingerprint density at radius 2 is 1.74 bits per heavy atom. The largest absolute Gasteiger partial charge is 0.493 e. The van der Waals surface area contributed by atoms with E-state index < -0.39 is 12.6 Å². The first-order valence-corrected chi connectivity index (χ1v) is 6.24. The molecule has 0 saturated carbocycles. The molecule has 0 saturated heterocycles. The highest BCUT2D eigenvalue weighted by atomic mass is 19.4. The number of hydrogen-bond donors (Lipinski definition) is 1. The summed E-state index contributed by atoms with van der Waals surface area (Å²) in [4.78, 5) is 0. The van der Waals surface area contributed by atoms with Gasteiger partial charge in [-0.3, -0.25) is 0 Å². The van der Waals surface area contributed by atoms with E-state index in [1.807, 2.05) is 32.9 Å². The standard InChI is InChI=1S/C14H20F3NO/c1-9-6-12(8-11(3)18)7-10(2)13(9)19-5-4-14(15,16)17/h6-7,11H,4-5,8,18H2,1-3H3. The van der Waals surface area contributed by atoms with Gasteiger partial charge in [0.15, 0.2) is 0 Å². The van der Waals surface area contributed by atoms with Crippen molar-refractivity contribution in [2.75, 3.05) is 6.61 Å². The molecule has 1 unspecified atom stereocenters. The topological polar surface area (TPSA) is 35.2 Å². The van der Waals surface area contributed by atoms with Crippen LogP contribution in [0.5, 0.6) is 5.75 Å². The van der Waals surface area contributed by atoms with Gasteiger partial charge in [-0.2, -0.15) is 13.2 Å². The summed E-state index contributed by atoms with van der Waals surface area (Å²) < 4.78 is 41.5. The first-order chi connectivity index (χ1) is 8.69. The molecule has 0 aliphatic carbocycles. The molecular formula is C14H20F3NO. The fourth-order valence-electron chi connectivity index (χ4n) is 2.03. The molecule has 2 N–H and O–H groups in total. The Balaban J connectivity index is 2.74. The fourth-order valence-corrected chi connectivity index (χ4v) is 2.03. The Labute approximate surface area is 111 Å². The van der Waals surface area contributed by atoms with E-state index in [4.69, 9.17) is 10.5 Å². The van der Waals surface area contributed by atoms with Gasteiger partial charge < -0.3 is 10.5 Å². The van der Waals surface area contributed by atoms with Crippen molar-refractivity contribution < 1.29 is 17.9 Å². The van der Waals surface area contributed by atoms with Crippen molar-refractivity contribution in [3.8, 4) is 5.75 Å². The minimum absolute atomic E-state index is 0.0517. The van der Waals surface area contributed by atoms with Gasteiger partial charge in [0, 0.05) is 6.04 Å². The van der Waals surface area contributed by atoms with Crippen molar-refractivity contribution >= 4 is 0 Å². The van der Waals surface area contributed by atoms with Crippen LogP contribution in [-0.2, 0) is 6.42 Å². The minimum Gasteiger partial charge on any atom is -0.493 e. The number of aryl methyl sites for hydroxylation is 2. The van der Waals surface area contributed by atoms with Gasteiger partial charge in [-0.15, -0.1) is 0 Å².